The van der Waals surface area contributed by atoms with Crippen LogP contribution in [0.1, 0.15) is 23.6 Å². The average Bonchev–Trinajstić information content (AvgIpc) is 3.04. The van der Waals surface area contributed by atoms with E-state index in [-0.39, 0.29) is 24.0 Å². The van der Waals surface area contributed by atoms with Gasteiger partial charge in [-0.15, -0.1) is 0 Å². The van der Waals surface area contributed by atoms with Crippen LogP contribution in [0.25, 0.3) is 0 Å². The molecule has 1 fully saturated rings. The first-order valence-electron chi connectivity index (χ1n) is 7.12. The zero-order chi connectivity index (χ0) is 16.4. The summed E-state index contributed by atoms with van der Waals surface area (Å²) in [6, 6.07) is 3.59. The van der Waals surface area contributed by atoms with Crippen LogP contribution in [0, 0.1) is 17.5 Å². The van der Waals surface area contributed by atoms with Crippen LogP contribution in [0.3, 0.4) is 0 Å². The molecule has 3 rings (SSSR count). The predicted octanol–water partition coefficient (Wildman–Crippen LogP) is 2.59. The third-order valence-electron chi connectivity index (χ3n) is 3.63. The lowest BCUT2D eigenvalue weighted by Crippen LogP contribution is -2.09. The number of halogens is 3. The molecule has 1 unspecified atom stereocenters. The van der Waals surface area contributed by atoms with Crippen molar-refractivity contribution in [1.82, 2.24) is 9.97 Å². The monoisotopic (exact) mass is 324 g/mol. The molecule has 0 aliphatic carbocycles. The highest BCUT2D eigenvalue weighted by Crippen LogP contribution is 2.25. The topological polar surface area (TPSA) is 73.1 Å². The number of nitrogens with zero attached hydrogens (tertiary/aromatic N) is 2. The number of nitrogens with two attached hydrogens (primary N) is 1. The van der Waals surface area contributed by atoms with Gasteiger partial charge in [0.05, 0.1) is 12.3 Å². The molecule has 1 aliphatic heterocycles. The van der Waals surface area contributed by atoms with Gasteiger partial charge in [-0.3, -0.25) is 0 Å². The fourth-order valence-electron chi connectivity index (χ4n) is 2.46. The van der Waals surface area contributed by atoms with Crippen LogP contribution < -0.4 is 11.1 Å². The number of hydrogen-bond donors (Lipinski definition) is 2. The predicted molar refractivity (Wildman–Crippen MR) is 78.3 cm³/mol. The lowest BCUT2D eigenvalue weighted by molar-refractivity contribution is 0.193. The Morgan fingerprint density at radius 3 is 2.57 bits per heavy atom. The van der Waals surface area contributed by atoms with Gasteiger partial charge in [0.15, 0.2) is 17.5 Å². The summed E-state index contributed by atoms with van der Waals surface area (Å²) in [5, 5.41) is 2.91. The SMILES string of the molecule is Nc1nc(NCc2cc(F)c(F)c(F)c2)cc(C2CCOC2)n1. The Bertz CT molecular complexity index is 697. The smallest absolute Gasteiger partial charge is 0.222 e. The molecule has 5 nitrogen and oxygen atoms in total. The minimum atomic E-state index is -1.48. The van der Waals surface area contributed by atoms with E-state index in [4.69, 9.17) is 10.5 Å². The summed E-state index contributed by atoms with van der Waals surface area (Å²) < 4.78 is 44.6. The maximum atomic E-state index is 13.2. The van der Waals surface area contributed by atoms with Crippen molar-refractivity contribution in [1.29, 1.82) is 0 Å². The van der Waals surface area contributed by atoms with Crippen molar-refractivity contribution in [3.8, 4) is 0 Å². The van der Waals surface area contributed by atoms with E-state index in [0.29, 0.717) is 19.0 Å². The zero-order valence-corrected chi connectivity index (χ0v) is 12.2. The highest BCUT2D eigenvalue weighted by Gasteiger charge is 2.20. The molecule has 0 saturated carbocycles. The molecule has 0 bridgehead atoms. The molecule has 1 aliphatic rings. The Morgan fingerprint density at radius 1 is 1.17 bits per heavy atom. The van der Waals surface area contributed by atoms with E-state index < -0.39 is 17.5 Å². The van der Waals surface area contributed by atoms with Crippen molar-refractivity contribution < 1.29 is 17.9 Å². The van der Waals surface area contributed by atoms with Gasteiger partial charge in [0.25, 0.3) is 0 Å². The molecule has 122 valence electrons. The number of nitrogens with one attached hydrogen (secondary N) is 1. The van der Waals surface area contributed by atoms with E-state index in [0.717, 1.165) is 24.2 Å². The van der Waals surface area contributed by atoms with Gasteiger partial charge < -0.3 is 15.8 Å². The number of aromatic nitrogens is 2. The molecule has 1 aromatic heterocycles. The van der Waals surface area contributed by atoms with Gasteiger partial charge in [-0.1, -0.05) is 0 Å². The Hall–Kier alpha value is -2.35. The molecule has 0 amide bonds. The summed E-state index contributed by atoms with van der Waals surface area (Å²) in [5.74, 6) is -3.25. The van der Waals surface area contributed by atoms with Crippen LogP contribution in [0.15, 0.2) is 18.2 Å². The average molecular weight is 324 g/mol. The fourth-order valence-corrected chi connectivity index (χ4v) is 2.46. The Balaban J connectivity index is 1.75. The van der Waals surface area contributed by atoms with Gasteiger partial charge in [-0.05, 0) is 24.1 Å². The summed E-state index contributed by atoms with van der Waals surface area (Å²) in [4.78, 5) is 8.22. The Morgan fingerprint density at radius 2 is 1.91 bits per heavy atom. The number of rotatable bonds is 4. The summed E-state index contributed by atoms with van der Waals surface area (Å²) >= 11 is 0. The zero-order valence-electron chi connectivity index (χ0n) is 12.2. The first kappa shape index (κ1) is 15.5. The van der Waals surface area contributed by atoms with E-state index in [1.807, 2.05) is 0 Å². The summed E-state index contributed by atoms with van der Waals surface area (Å²) in [6.45, 7) is 1.32. The molecule has 8 heteroatoms. The molecule has 1 aromatic carbocycles. The van der Waals surface area contributed by atoms with E-state index in [1.165, 1.54) is 0 Å². The number of benzene rings is 1. The summed E-state index contributed by atoms with van der Waals surface area (Å²) in [7, 11) is 0. The van der Waals surface area contributed by atoms with Gasteiger partial charge in [-0.25, -0.2) is 18.2 Å². The third-order valence-corrected chi connectivity index (χ3v) is 3.63. The maximum Gasteiger partial charge on any atom is 0.222 e. The van der Waals surface area contributed by atoms with Crippen molar-refractivity contribution in [2.45, 2.75) is 18.9 Å². The molecule has 2 heterocycles. The maximum absolute atomic E-state index is 13.2. The largest absolute Gasteiger partial charge is 0.381 e. The lowest BCUT2D eigenvalue weighted by atomic mass is 10.0. The first-order chi connectivity index (χ1) is 11.0. The van der Waals surface area contributed by atoms with Crippen molar-refractivity contribution in [2.24, 2.45) is 0 Å². The minimum absolute atomic E-state index is 0.0746. The van der Waals surface area contributed by atoms with Crippen LogP contribution >= 0.6 is 0 Å². The van der Waals surface area contributed by atoms with Gasteiger partial charge in [0.2, 0.25) is 5.95 Å². The minimum Gasteiger partial charge on any atom is -0.381 e. The van der Waals surface area contributed by atoms with Crippen molar-refractivity contribution >= 4 is 11.8 Å². The van der Waals surface area contributed by atoms with E-state index in [1.54, 1.807) is 6.07 Å². The van der Waals surface area contributed by atoms with E-state index in [2.05, 4.69) is 15.3 Å². The number of ether oxygens (including phenoxy) is 1. The van der Waals surface area contributed by atoms with Crippen molar-refractivity contribution in [2.75, 3.05) is 24.3 Å². The molecule has 0 radical (unpaired) electrons. The van der Waals surface area contributed by atoms with Crippen molar-refractivity contribution in [3.05, 3.63) is 46.9 Å². The number of hydrogen-bond acceptors (Lipinski definition) is 5. The van der Waals surface area contributed by atoms with Gasteiger partial charge in [0, 0.05) is 25.1 Å². The second-order valence-electron chi connectivity index (χ2n) is 5.32. The second-order valence-corrected chi connectivity index (χ2v) is 5.32. The van der Waals surface area contributed by atoms with Crippen LogP contribution in [0.5, 0.6) is 0 Å². The Kier molecular flexibility index (Phi) is 4.33. The molecule has 1 saturated heterocycles. The van der Waals surface area contributed by atoms with Gasteiger partial charge in [-0.2, -0.15) is 4.98 Å². The van der Waals surface area contributed by atoms with E-state index >= 15 is 0 Å². The summed E-state index contributed by atoms with van der Waals surface area (Å²) in [5.41, 5.74) is 6.70. The van der Waals surface area contributed by atoms with Crippen LogP contribution in [-0.2, 0) is 11.3 Å². The molecule has 1 atom stereocenters. The highest BCUT2D eigenvalue weighted by atomic mass is 19.2. The van der Waals surface area contributed by atoms with Gasteiger partial charge >= 0.3 is 0 Å². The number of anilines is 2. The standard InChI is InChI=1S/C15H15F3N4O/c16-10-3-8(4-11(17)14(10)18)6-20-13-5-12(21-15(19)22-13)9-1-2-23-7-9/h3-5,9H,1-2,6-7H2,(H3,19,20,21,22). The second kappa shape index (κ2) is 6.41. The summed E-state index contributed by atoms with van der Waals surface area (Å²) in [6.07, 6.45) is 0.851. The quantitative estimate of drug-likeness (QED) is 0.846. The molecular weight excluding hydrogens is 309 g/mol. The van der Waals surface area contributed by atoms with Gasteiger partial charge in [0.1, 0.15) is 5.82 Å². The molecular formula is C15H15F3N4O. The van der Waals surface area contributed by atoms with E-state index in [9.17, 15) is 13.2 Å². The fraction of sp³-hybridized carbons (Fsp3) is 0.333. The molecule has 0 spiro atoms. The first-order valence-corrected chi connectivity index (χ1v) is 7.12. The lowest BCUT2D eigenvalue weighted by Gasteiger charge is -2.11. The van der Waals surface area contributed by atoms with Crippen LogP contribution in [0.2, 0.25) is 0 Å². The highest BCUT2D eigenvalue weighted by molar-refractivity contribution is 5.42. The molecule has 23 heavy (non-hydrogen) atoms. The van der Waals surface area contributed by atoms with Crippen LogP contribution in [0.4, 0.5) is 24.9 Å². The molecule has 2 aromatic rings. The number of nitrogen functional groups attached to an aromatic ring is 1. The Labute approximate surface area is 130 Å². The van der Waals surface area contributed by atoms with Crippen molar-refractivity contribution in [3.63, 3.8) is 0 Å². The third kappa shape index (κ3) is 3.53. The normalized spacial score (nSPS) is 17.4. The van der Waals surface area contributed by atoms with Crippen LogP contribution in [-0.4, -0.2) is 23.2 Å². The molecule has 3 N–H and O–H groups in total.